The maximum absolute atomic E-state index is 11.3. The summed E-state index contributed by atoms with van der Waals surface area (Å²) < 4.78 is 28.1. The van der Waals surface area contributed by atoms with Crippen molar-refractivity contribution in [3.05, 3.63) is 29.8 Å². The van der Waals surface area contributed by atoms with Crippen molar-refractivity contribution in [2.24, 2.45) is 5.73 Å². The van der Waals surface area contributed by atoms with Gasteiger partial charge < -0.3 is 10.5 Å². The normalized spacial score (nSPS) is 13.4. The van der Waals surface area contributed by atoms with E-state index in [1.165, 1.54) is 0 Å². The Balaban J connectivity index is 2.64. The maximum atomic E-state index is 11.3. The summed E-state index contributed by atoms with van der Waals surface area (Å²) in [6.45, 7) is 3.66. The third-order valence-corrected chi connectivity index (χ3v) is 4.17. The predicted octanol–water partition coefficient (Wildman–Crippen LogP) is 1.52. The molecular formula is C12H19NO3S. The van der Waals surface area contributed by atoms with E-state index in [2.05, 4.69) is 0 Å². The molecule has 17 heavy (non-hydrogen) atoms. The van der Waals surface area contributed by atoms with E-state index in [0.29, 0.717) is 5.75 Å². The molecule has 2 N–H and O–H groups in total. The van der Waals surface area contributed by atoms with Crippen molar-refractivity contribution in [3.8, 4) is 5.75 Å². The van der Waals surface area contributed by atoms with Crippen molar-refractivity contribution < 1.29 is 13.2 Å². The highest BCUT2D eigenvalue weighted by molar-refractivity contribution is 7.91. The number of nitrogens with two attached hydrogens (primary N) is 1. The quantitative estimate of drug-likeness (QED) is 0.839. The minimum Gasteiger partial charge on any atom is -0.492 e. The maximum Gasteiger partial charge on any atom is 0.153 e. The second-order valence-corrected chi connectivity index (χ2v) is 6.38. The van der Waals surface area contributed by atoms with Gasteiger partial charge in [0.25, 0.3) is 0 Å². The standard InChI is InChI=1S/C12H19NO3S/c1-3-17(14,15)9-8-16-12-7-5-4-6-11(12)10(2)13/h4-7,10H,3,8-9,13H2,1-2H3. The molecule has 0 radical (unpaired) electrons. The Bertz CT molecular complexity index is 455. The number of hydrogen-bond acceptors (Lipinski definition) is 4. The molecular weight excluding hydrogens is 238 g/mol. The fourth-order valence-corrected chi connectivity index (χ4v) is 2.04. The van der Waals surface area contributed by atoms with Gasteiger partial charge in [-0.1, -0.05) is 25.1 Å². The number of ether oxygens (including phenoxy) is 1. The lowest BCUT2D eigenvalue weighted by molar-refractivity contribution is 0.335. The van der Waals surface area contributed by atoms with Gasteiger partial charge in [0.05, 0.1) is 5.75 Å². The Kier molecular flexibility index (Phi) is 4.96. The molecule has 1 unspecified atom stereocenters. The lowest BCUT2D eigenvalue weighted by Crippen LogP contribution is -2.16. The van der Waals surface area contributed by atoms with E-state index in [1.807, 2.05) is 25.1 Å². The third-order valence-electron chi connectivity index (χ3n) is 2.50. The summed E-state index contributed by atoms with van der Waals surface area (Å²) >= 11 is 0. The van der Waals surface area contributed by atoms with Gasteiger partial charge in [0, 0.05) is 17.4 Å². The van der Waals surface area contributed by atoms with Crippen LogP contribution < -0.4 is 10.5 Å². The highest BCUT2D eigenvalue weighted by atomic mass is 32.2. The van der Waals surface area contributed by atoms with Crippen LogP contribution in [-0.2, 0) is 9.84 Å². The first kappa shape index (κ1) is 14.0. The van der Waals surface area contributed by atoms with E-state index in [4.69, 9.17) is 10.5 Å². The Morgan fingerprint density at radius 2 is 2.00 bits per heavy atom. The molecule has 0 saturated carbocycles. The number of para-hydroxylation sites is 1. The van der Waals surface area contributed by atoms with E-state index in [0.717, 1.165) is 5.56 Å². The molecule has 0 saturated heterocycles. The second kappa shape index (κ2) is 6.02. The van der Waals surface area contributed by atoms with E-state index < -0.39 is 9.84 Å². The van der Waals surface area contributed by atoms with Crippen LogP contribution in [0.1, 0.15) is 25.5 Å². The fraction of sp³-hybridized carbons (Fsp3) is 0.500. The Morgan fingerprint density at radius 3 is 2.59 bits per heavy atom. The van der Waals surface area contributed by atoms with Gasteiger partial charge in [-0.3, -0.25) is 0 Å². The van der Waals surface area contributed by atoms with Crippen LogP contribution >= 0.6 is 0 Å². The largest absolute Gasteiger partial charge is 0.492 e. The molecule has 1 aromatic rings. The van der Waals surface area contributed by atoms with Gasteiger partial charge in [-0.15, -0.1) is 0 Å². The van der Waals surface area contributed by atoms with Crippen LogP contribution in [0, 0.1) is 0 Å². The topological polar surface area (TPSA) is 69.4 Å². The smallest absolute Gasteiger partial charge is 0.153 e. The lowest BCUT2D eigenvalue weighted by Gasteiger charge is -2.13. The molecule has 0 aliphatic rings. The van der Waals surface area contributed by atoms with Crippen molar-refractivity contribution in [1.29, 1.82) is 0 Å². The zero-order valence-corrected chi connectivity index (χ0v) is 11.0. The average molecular weight is 257 g/mol. The minimum absolute atomic E-state index is 0.0385. The molecule has 0 spiro atoms. The molecule has 0 heterocycles. The molecule has 0 aromatic heterocycles. The summed E-state index contributed by atoms with van der Waals surface area (Å²) in [7, 11) is -2.98. The first-order valence-electron chi connectivity index (χ1n) is 5.64. The SMILES string of the molecule is CCS(=O)(=O)CCOc1ccccc1C(C)N. The predicted molar refractivity (Wildman–Crippen MR) is 68.9 cm³/mol. The van der Waals surface area contributed by atoms with Crippen molar-refractivity contribution in [2.45, 2.75) is 19.9 Å². The van der Waals surface area contributed by atoms with Crippen molar-refractivity contribution in [3.63, 3.8) is 0 Å². The van der Waals surface area contributed by atoms with E-state index in [9.17, 15) is 8.42 Å². The fourth-order valence-electron chi connectivity index (χ4n) is 1.41. The van der Waals surface area contributed by atoms with Crippen LogP contribution in [-0.4, -0.2) is 26.5 Å². The van der Waals surface area contributed by atoms with E-state index in [1.54, 1.807) is 13.0 Å². The second-order valence-electron chi connectivity index (χ2n) is 3.91. The molecule has 0 amide bonds. The highest BCUT2D eigenvalue weighted by Gasteiger charge is 2.10. The van der Waals surface area contributed by atoms with Crippen LogP contribution in [0.2, 0.25) is 0 Å². The number of benzene rings is 1. The molecule has 0 fully saturated rings. The van der Waals surface area contributed by atoms with Crippen LogP contribution in [0.3, 0.4) is 0 Å². The van der Waals surface area contributed by atoms with Gasteiger partial charge in [-0.2, -0.15) is 0 Å². The van der Waals surface area contributed by atoms with Gasteiger partial charge in [-0.05, 0) is 13.0 Å². The zero-order valence-electron chi connectivity index (χ0n) is 10.2. The Hall–Kier alpha value is -1.07. The summed E-state index contributed by atoms with van der Waals surface area (Å²) in [5.41, 5.74) is 6.69. The lowest BCUT2D eigenvalue weighted by atomic mass is 10.1. The van der Waals surface area contributed by atoms with Gasteiger partial charge in [0.15, 0.2) is 9.84 Å². The molecule has 1 rings (SSSR count). The van der Waals surface area contributed by atoms with Crippen molar-refractivity contribution in [2.75, 3.05) is 18.1 Å². The summed E-state index contributed by atoms with van der Waals surface area (Å²) in [6, 6.07) is 7.28. The zero-order chi connectivity index (χ0) is 12.9. The minimum atomic E-state index is -2.98. The summed E-state index contributed by atoms with van der Waals surface area (Å²) in [4.78, 5) is 0. The molecule has 0 aliphatic carbocycles. The van der Waals surface area contributed by atoms with Crippen LogP contribution in [0.4, 0.5) is 0 Å². The molecule has 1 atom stereocenters. The van der Waals surface area contributed by atoms with Gasteiger partial charge >= 0.3 is 0 Å². The first-order valence-corrected chi connectivity index (χ1v) is 7.46. The van der Waals surface area contributed by atoms with Crippen molar-refractivity contribution >= 4 is 9.84 Å². The molecule has 96 valence electrons. The molecule has 0 aliphatic heterocycles. The number of sulfone groups is 1. The summed E-state index contributed by atoms with van der Waals surface area (Å²) in [5.74, 6) is 0.844. The third kappa shape index (κ3) is 4.36. The van der Waals surface area contributed by atoms with E-state index >= 15 is 0 Å². The molecule has 0 bridgehead atoms. The molecule has 1 aromatic carbocycles. The molecule has 4 nitrogen and oxygen atoms in total. The summed E-state index contributed by atoms with van der Waals surface area (Å²) in [6.07, 6.45) is 0. The van der Waals surface area contributed by atoms with Gasteiger partial charge in [0.2, 0.25) is 0 Å². The van der Waals surface area contributed by atoms with Gasteiger partial charge in [0.1, 0.15) is 12.4 Å². The number of rotatable bonds is 6. The Labute approximate surface area is 103 Å². The van der Waals surface area contributed by atoms with Crippen molar-refractivity contribution in [1.82, 2.24) is 0 Å². The first-order chi connectivity index (χ1) is 7.96. The van der Waals surface area contributed by atoms with Crippen LogP contribution in [0.25, 0.3) is 0 Å². The Morgan fingerprint density at radius 1 is 1.35 bits per heavy atom. The van der Waals surface area contributed by atoms with Crippen LogP contribution in [0.15, 0.2) is 24.3 Å². The summed E-state index contributed by atoms with van der Waals surface area (Å²) in [5, 5.41) is 0. The van der Waals surface area contributed by atoms with Crippen LogP contribution in [0.5, 0.6) is 5.75 Å². The number of hydrogen-bond donors (Lipinski definition) is 1. The van der Waals surface area contributed by atoms with Gasteiger partial charge in [-0.25, -0.2) is 8.42 Å². The highest BCUT2D eigenvalue weighted by Crippen LogP contribution is 2.22. The average Bonchev–Trinajstić information content (AvgIpc) is 2.29. The van der Waals surface area contributed by atoms with E-state index in [-0.39, 0.29) is 24.2 Å². The monoisotopic (exact) mass is 257 g/mol. The molecule has 5 heteroatoms.